The van der Waals surface area contributed by atoms with Crippen LogP contribution in [0.3, 0.4) is 0 Å². The van der Waals surface area contributed by atoms with Crippen LogP contribution in [0.2, 0.25) is 0 Å². The van der Waals surface area contributed by atoms with Gasteiger partial charge >= 0.3 is 19.8 Å². The van der Waals surface area contributed by atoms with E-state index in [1.165, 1.54) is 116 Å². The van der Waals surface area contributed by atoms with E-state index in [0.29, 0.717) is 6.42 Å². The number of allylic oxidation sites excluding steroid dienone is 4. The van der Waals surface area contributed by atoms with Gasteiger partial charge in [-0.2, -0.15) is 0 Å². The van der Waals surface area contributed by atoms with Crippen molar-refractivity contribution in [3.63, 3.8) is 0 Å². The molecular weight excluding hydrogens is 663 g/mol. The third-order valence-electron chi connectivity index (χ3n) is 9.17. The Balaban J connectivity index is 3.95. The molecule has 0 radical (unpaired) electrons. The standard InChI is InChI=1S/C42H79O8P/c1-4-6-8-10-12-14-16-17-18-19-20-21-22-23-24-25-27-29-31-33-35-37-42(44)50-40(39-49-51(45,46)47-3)38-48-41(43)36-34-32-30-28-26-15-13-11-9-7-5-2/h11,13,19-20,40H,4-10,12,14-18,21-39H2,1-3H3,(H,45,46)/b13-11-,20-19-. The molecule has 0 aliphatic rings. The zero-order chi connectivity index (χ0) is 37.5. The highest BCUT2D eigenvalue weighted by atomic mass is 31.2. The Kier molecular flexibility index (Phi) is 37.2. The van der Waals surface area contributed by atoms with Crippen molar-refractivity contribution in [2.45, 2.75) is 213 Å². The van der Waals surface area contributed by atoms with Crippen LogP contribution in [0.4, 0.5) is 0 Å². The van der Waals surface area contributed by atoms with Crippen molar-refractivity contribution in [2.24, 2.45) is 0 Å². The van der Waals surface area contributed by atoms with Crippen molar-refractivity contribution in [2.75, 3.05) is 20.3 Å². The first-order valence-electron chi connectivity index (χ1n) is 21.0. The number of carbonyl (C=O) groups excluding carboxylic acids is 2. The lowest BCUT2D eigenvalue weighted by atomic mass is 10.1. The van der Waals surface area contributed by atoms with Gasteiger partial charge < -0.3 is 14.4 Å². The van der Waals surface area contributed by atoms with Crippen molar-refractivity contribution >= 4 is 19.8 Å². The Morgan fingerprint density at radius 1 is 0.529 bits per heavy atom. The molecule has 0 saturated heterocycles. The lowest BCUT2D eigenvalue weighted by Crippen LogP contribution is -2.29. The Labute approximate surface area is 313 Å². The zero-order valence-corrected chi connectivity index (χ0v) is 34.2. The first-order valence-corrected chi connectivity index (χ1v) is 22.5. The lowest BCUT2D eigenvalue weighted by molar-refractivity contribution is -0.161. The minimum atomic E-state index is -4.26. The largest absolute Gasteiger partial charge is 0.472 e. The number of phosphoric acid groups is 1. The summed E-state index contributed by atoms with van der Waals surface area (Å²) in [4.78, 5) is 34.4. The molecule has 0 heterocycles. The third-order valence-corrected chi connectivity index (χ3v) is 10.1. The summed E-state index contributed by atoms with van der Waals surface area (Å²) in [6.45, 7) is 3.85. The molecule has 2 atom stereocenters. The molecule has 51 heavy (non-hydrogen) atoms. The van der Waals surface area contributed by atoms with Crippen molar-refractivity contribution < 1.29 is 37.6 Å². The predicted molar refractivity (Wildman–Crippen MR) is 212 cm³/mol. The van der Waals surface area contributed by atoms with Crippen LogP contribution in [-0.4, -0.2) is 43.3 Å². The predicted octanol–water partition coefficient (Wildman–Crippen LogP) is 13.1. The van der Waals surface area contributed by atoms with E-state index in [-0.39, 0.29) is 25.4 Å². The molecule has 0 bridgehead atoms. The van der Waals surface area contributed by atoms with Crippen LogP contribution in [-0.2, 0) is 32.7 Å². The molecule has 0 rings (SSSR count). The summed E-state index contributed by atoms with van der Waals surface area (Å²) in [5.74, 6) is -0.813. The van der Waals surface area contributed by atoms with E-state index in [1.807, 2.05) is 0 Å². The molecule has 0 aliphatic heterocycles. The highest BCUT2D eigenvalue weighted by Crippen LogP contribution is 2.42. The van der Waals surface area contributed by atoms with Crippen LogP contribution >= 0.6 is 7.82 Å². The number of carbonyl (C=O) groups is 2. The van der Waals surface area contributed by atoms with Crippen LogP contribution in [0.1, 0.15) is 206 Å². The number of esters is 2. The third kappa shape index (κ3) is 38.1. The number of hydrogen-bond donors (Lipinski definition) is 1. The maximum absolute atomic E-state index is 12.5. The fraction of sp³-hybridized carbons (Fsp3) is 0.857. The SMILES string of the molecule is CCCC/C=C\CCCCCCCC(=O)OCC(COP(=O)(O)OC)OC(=O)CCCCCCCCCCC/C=C\CCCCCCCCCC. The van der Waals surface area contributed by atoms with E-state index >= 15 is 0 Å². The van der Waals surface area contributed by atoms with Crippen molar-refractivity contribution in [1.29, 1.82) is 0 Å². The maximum atomic E-state index is 12.5. The van der Waals surface area contributed by atoms with Crippen LogP contribution < -0.4 is 0 Å². The van der Waals surface area contributed by atoms with Gasteiger partial charge in [0, 0.05) is 20.0 Å². The molecule has 1 N–H and O–H groups in total. The molecule has 0 fully saturated rings. The summed E-state index contributed by atoms with van der Waals surface area (Å²) < 4.78 is 31.9. The fourth-order valence-electron chi connectivity index (χ4n) is 5.87. The minimum Gasteiger partial charge on any atom is -0.462 e. The average Bonchev–Trinajstić information content (AvgIpc) is 3.12. The average molecular weight is 743 g/mol. The second kappa shape index (κ2) is 38.3. The summed E-state index contributed by atoms with van der Waals surface area (Å²) in [6.07, 6.45) is 42.4. The highest BCUT2D eigenvalue weighted by Gasteiger charge is 2.24. The Morgan fingerprint density at radius 2 is 0.902 bits per heavy atom. The molecule has 0 saturated carbocycles. The second-order valence-corrected chi connectivity index (χ2v) is 15.7. The lowest BCUT2D eigenvalue weighted by Gasteiger charge is -2.19. The van der Waals surface area contributed by atoms with Gasteiger partial charge in [-0.15, -0.1) is 0 Å². The summed E-state index contributed by atoms with van der Waals surface area (Å²) in [6, 6.07) is 0. The smallest absolute Gasteiger partial charge is 0.462 e. The molecule has 9 heteroatoms. The Hall–Kier alpha value is -1.47. The maximum Gasteiger partial charge on any atom is 0.472 e. The fourth-order valence-corrected chi connectivity index (χ4v) is 6.33. The molecule has 0 aliphatic carbocycles. The van der Waals surface area contributed by atoms with Gasteiger partial charge in [-0.05, 0) is 57.8 Å². The van der Waals surface area contributed by atoms with Crippen molar-refractivity contribution in [3.05, 3.63) is 24.3 Å². The van der Waals surface area contributed by atoms with Crippen molar-refractivity contribution in [1.82, 2.24) is 0 Å². The number of unbranched alkanes of at least 4 members (excludes halogenated alkanes) is 24. The van der Waals surface area contributed by atoms with E-state index in [1.54, 1.807) is 0 Å². The Morgan fingerprint density at radius 3 is 1.33 bits per heavy atom. The Bertz CT molecular complexity index is 890. The molecule has 0 aromatic carbocycles. The number of rotatable bonds is 39. The van der Waals surface area contributed by atoms with Gasteiger partial charge in [-0.1, -0.05) is 160 Å². The van der Waals surface area contributed by atoms with E-state index in [0.717, 1.165) is 64.9 Å². The molecule has 0 spiro atoms. The summed E-state index contributed by atoms with van der Waals surface area (Å²) in [5.41, 5.74) is 0. The first-order chi connectivity index (χ1) is 24.8. The summed E-state index contributed by atoms with van der Waals surface area (Å²) in [5, 5.41) is 0. The molecule has 300 valence electrons. The van der Waals surface area contributed by atoms with Crippen LogP contribution in [0, 0.1) is 0 Å². The second-order valence-electron chi connectivity index (χ2n) is 14.1. The van der Waals surface area contributed by atoms with Gasteiger partial charge in [0.2, 0.25) is 0 Å². The van der Waals surface area contributed by atoms with Crippen LogP contribution in [0.15, 0.2) is 24.3 Å². The van der Waals surface area contributed by atoms with E-state index in [2.05, 4.69) is 42.7 Å². The van der Waals surface area contributed by atoms with E-state index in [4.69, 9.17) is 14.0 Å². The van der Waals surface area contributed by atoms with Gasteiger partial charge in [0.15, 0.2) is 6.10 Å². The summed E-state index contributed by atoms with van der Waals surface area (Å²) in [7, 11) is -3.20. The minimum absolute atomic E-state index is 0.228. The molecular formula is C42H79O8P. The van der Waals surface area contributed by atoms with Gasteiger partial charge in [0.05, 0.1) is 6.61 Å². The van der Waals surface area contributed by atoms with Gasteiger partial charge in [-0.3, -0.25) is 18.6 Å². The normalized spacial score (nSPS) is 13.6. The topological polar surface area (TPSA) is 108 Å². The number of hydrogen-bond acceptors (Lipinski definition) is 7. The molecule has 0 amide bonds. The van der Waals surface area contributed by atoms with Crippen molar-refractivity contribution in [3.8, 4) is 0 Å². The van der Waals surface area contributed by atoms with E-state index < -0.39 is 26.5 Å². The van der Waals surface area contributed by atoms with Gasteiger partial charge in [-0.25, -0.2) is 4.57 Å². The van der Waals surface area contributed by atoms with E-state index in [9.17, 15) is 19.0 Å². The zero-order valence-electron chi connectivity index (χ0n) is 33.3. The molecule has 2 unspecified atom stereocenters. The first kappa shape index (κ1) is 49.5. The molecule has 0 aromatic heterocycles. The van der Waals surface area contributed by atoms with Gasteiger partial charge in [0.1, 0.15) is 6.61 Å². The number of phosphoric ester groups is 1. The number of ether oxygens (including phenoxy) is 2. The molecule has 0 aromatic rings. The van der Waals surface area contributed by atoms with Crippen LogP contribution in [0.5, 0.6) is 0 Å². The van der Waals surface area contributed by atoms with Crippen LogP contribution in [0.25, 0.3) is 0 Å². The highest BCUT2D eigenvalue weighted by molar-refractivity contribution is 7.47. The monoisotopic (exact) mass is 743 g/mol. The summed E-state index contributed by atoms with van der Waals surface area (Å²) >= 11 is 0. The quantitative estimate of drug-likeness (QED) is 0.0287. The molecule has 8 nitrogen and oxygen atoms in total. The van der Waals surface area contributed by atoms with Gasteiger partial charge in [0.25, 0.3) is 0 Å².